The Labute approximate surface area is 297 Å². The van der Waals surface area contributed by atoms with Gasteiger partial charge in [0.15, 0.2) is 0 Å². The van der Waals surface area contributed by atoms with Crippen molar-refractivity contribution in [3.05, 3.63) is 87.6 Å². The lowest BCUT2D eigenvalue weighted by atomic mass is 9.96. The van der Waals surface area contributed by atoms with Crippen molar-refractivity contribution in [2.45, 2.75) is 43.9 Å². The second-order valence-electron chi connectivity index (χ2n) is 12.1. The number of amides is 1. The van der Waals surface area contributed by atoms with Gasteiger partial charge in [0.1, 0.15) is 17.7 Å². The molecule has 1 amide bonds. The van der Waals surface area contributed by atoms with Crippen LogP contribution in [0.5, 0.6) is 5.75 Å². The molecule has 20 heteroatoms. The zero-order valence-electron chi connectivity index (χ0n) is 27.0. The Hall–Kier alpha value is -5.33. The van der Waals surface area contributed by atoms with Gasteiger partial charge >= 0.3 is 24.4 Å². The molecule has 1 unspecified atom stereocenters. The summed E-state index contributed by atoms with van der Waals surface area (Å²) in [5, 5.41) is 9.04. The van der Waals surface area contributed by atoms with E-state index in [1.807, 2.05) is 0 Å². The smallest absolute Gasteiger partial charge is 0.416 e. The van der Waals surface area contributed by atoms with E-state index < -0.39 is 84.6 Å². The fourth-order valence-corrected chi connectivity index (χ4v) is 6.16. The normalized spacial score (nSPS) is 18.5. The monoisotopic (exact) mass is 775 g/mol. The van der Waals surface area contributed by atoms with Gasteiger partial charge < -0.3 is 19.5 Å². The summed E-state index contributed by atoms with van der Waals surface area (Å²) in [4.78, 5) is 39.2. The van der Waals surface area contributed by atoms with Gasteiger partial charge in [-0.15, -0.1) is 0 Å². The van der Waals surface area contributed by atoms with Gasteiger partial charge in [-0.2, -0.15) is 26.3 Å². The summed E-state index contributed by atoms with van der Waals surface area (Å²) in [6, 6.07) is 2.80. The number of hydrogen-bond donors (Lipinski definition) is 1. The summed E-state index contributed by atoms with van der Waals surface area (Å²) >= 11 is 6.27. The molecule has 0 spiro atoms. The summed E-state index contributed by atoms with van der Waals surface area (Å²) in [6.07, 6.45) is -11.0. The molecule has 2 aliphatic rings. The van der Waals surface area contributed by atoms with Gasteiger partial charge in [0.25, 0.3) is 5.92 Å². The Morgan fingerprint density at radius 2 is 1.62 bits per heavy atom. The molecule has 2 aromatic heterocycles. The molecule has 2 fully saturated rings. The maximum Gasteiger partial charge on any atom is 0.416 e. The van der Waals surface area contributed by atoms with E-state index in [0.29, 0.717) is 12.1 Å². The van der Waals surface area contributed by atoms with Crippen molar-refractivity contribution >= 4 is 29.6 Å². The lowest BCUT2D eigenvalue weighted by molar-refractivity contribution is -0.143. The number of anilines is 1. The first-order valence-corrected chi connectivity index (χ1v) is 15.6. The van der Waals surface area contributed by atoms with Gasteiger partial charge in [0.05, 0.1) is 65.9 Å². The summed E-state index contributed by atoms with van der Waals surface area (Å²) in [6.45, 7) is -0.758. The predicted molar refractivity (Wildman–Crippen MR) is 167 cm³/mol. The average Bonchev–Trinajstić information content (AvgIpc) is 3.34. The standard InChI is InChI=1S/C33H23ClF9N5O5/c1-14-27(15-3-17(32(38,39)40)6-18(4-15)33(41,42)43)53-30(51)48(14)11-24-21(10-45-29(46-24)47-12-31(36,37)13-47)19-7-20(23(35)8-25(19)52-2)26-22(34)5-16(9-44-26)28(49)50/h3-10,14,27H,11-13H2,1-2H3,(H,49,50)/t14?,27-/m0/s1. The van der Waals surface area contributed by atoms with Crippen LogP contribution < -0.4 is 9.64 Å². The molecule has 6 rings (SSSR count). The van der Waals surface area contributed by atoms with Crippen molar-refractivity contribution in [2.75, 3.05) is 25.1 Å². The predicted octanol–water partition coefficient (Wildman–Crippen LogP) is 8.28. The highest BCUT2D eigenvalue weighted by Crippen LogP contribution is 2.43. The van der Waals surface area contributed by atoms with E-state index in [1.54, 1.807) is 0 Å². The third-order valence-corrected chi connectivity index (χ3v) is 8.84. The second kappa shape index (κ2) is 13.3. The number of carbonyl (C=O) groups is 2. The highest BCUT2D eigenvalue weighted by atomic mass is 35.5. The van der Waals surface area contributed by atoms with Crippen molar-refractivity contribution in [1.29, 1.82) is 0 Å². The molecular weight excluding hydrogens is 753 g/mol. The van der Waals surface area contributed by atoms with Crippen LogP contribution in [0.2, 0.25) is 5.02 Å². The van der Waals surface area contributed by atoms with Crippen LogP contribution in [0.4, 0.5) is 50.3 Å². The highest BCUT2D eigenvalue weighted by molar-refractivity contribution is 6.33. The molecule has 4 aromatic rings. The molecule has 280 valence electrons. The summed E-state index contributed by atoms with van der Waals surface area (Å²) in [7, 11) is 1.19. The van der Waals surface area contributed by atoms with Crippen LogP contribution in [0, 0.1) is 5.82 Å². The number of cyclic esters (lactones) is 1. The SMILES string of the molecule is COc1cc(F)c(-c2ncc(C(=O)O)cc2Cl)cc1-c1cnc(N2CC(F)(F)C2)nc1CN1C(=O)O[C@H](c2cc(C(F)(F)F)cc(C(F)(F)F)c2)C1C. The zero-order valence-corrected chi connectivity index (χ0v) is 27.7. The van der Waals surface area contributed by atoms with Gasteiger partial charge in [0.2, 0.25) is 5.95 Å². The van der Waals surface area contributed by atoms with E-state index in [1.165, 1.54) is 26.3 Å². The molecule has 0 saturated carbocycles. The number of nitrogens with zero attached hydrogens (tertiary/aromatic N) is 5. The third-order valence-electron chi connectivity index (χ3n) is 8.56. The first-order valence-electron chi connectivity index (χ1n) is 15.2. The first kappa shape index (κ1) is 37.4. The molecule has 0 radical (unpaired) electrons. The molecule has 0 aliphatic carbocycles. The third kappa shape index (κ3) is 7.34. The van der Waals surface area contributed by atoms with Crippen molar-refractivity contribution in [3.63, 3.8) is 0 Å². The van der Waals surface area contributed by atoms with Crippen LogP contribution in [0.25, 0.3) is 22.4 Å². The Balaban J connectivity index is 1.44. The van der Waals surface area contributed by atoms with E-state index in [2.05, 4.69) is 15.0 Å². The van der Waals surface area contributed by atoms with Crippen LogP contribution in [0.15, 0.2) is 48.8 Å². The number of aromatic nitrogens is 3. The number of ether oxygens (including phenoxy) is 2. The van der Waals surface area contributed by atoms with E-state index in [9.17, 15) is 49.8 Å². The topological polar surface area (TPSA) is 118 Å². The molecular formula is C33H23ClF9N5O5. The summed E-state index contributed by atoms with van der Waals surface area (Å²) in [5.41, 5.74) is -4.58. The number of hydrogen-bond acceptors (Lipinski definition) is 8. The van der Waals surface area contributed by atoms with Crippen molar-refractivity contribution in [3.8, 4) is 28.1 Å². The average molecular weight is 776 g/mol. The molecule has 53 heavy (non-hydrogen) atoms. The number of methoxy groups -OCH3 is 1. The summed E-state index contributed by atoms with van der Waals surface area (Å²) < 4.78 is 136. The fraction of sp³-hybridized carbons (Fsp3) is 0.303. The highest BCUT2D eigenvalue weighted by Gasteiger charge is 2.46. The van der Waals surface area contributed by atoms with Crippen LogP contribution in [0.1, 0.15) is 45.8 Å². The van der Waals surface area contributed by atoms with Gasteiger partial charge in [0, 0.05) is 35.2 Å². The van der Waals surface area contributed by atoms with Gasteiger partial charge in [-0.25, -0.2) is 32.7 Å². The Bertz CT molecular complexity index is 2090. The molecule has 1 N–H and O–H groups in total. The van der Waals surface area contributed by atoms with E-state index in [-0.39, 0.29) is 56.4 Å². The van der Waals surface area contributed by atoms with E-state index in [4.69, 9.17) is 21.1 Å². The lowest BCUT2D eigenvalue weighted by Gasteiger charge is -2.38. The molecule has 2 saturated heterocycles. The van der Waals surface area contributed by atoms with Gasteiger partial charge in [-0.1, -0.05) is 11.6 Å². The Morgan fingerprint density at radius 1 is 0.981 bits per heavy atom. The van der Waals surface area contributed by atoms with Gasteiger partial charge in [-0.3, -0.25) is 9.88 Å². The molecule has 0 bridgehead atoms. The fourth-order valence-electron chi connectivity index (χ4n) is 5.89. The minimum atomic E-state index is -5.17. The molecule has 10 nitrogen and oxygen atoms in total. The maximum atomic E-state index is 15.5. The number of carboxylic acids is 1. The number of carboxylic acid groups (broad SMARTS) is 1. The minimum Gasteiger partial charge on any atom is -0.496 e. The van der Waals surface area contributed by atoms with Crippen molar-refractivity contribution in [2.24, 2.45) is 0 Å². The van der Waals surface area contributed by atoms with Gasteiger partial charge in [-0.05, 0) is 42.8 Å². The molecule has 2 aliphatic heterocycles. The Kier molecular flexibility index (Phi) is 9.37. The van der Waals surface area contributed by atoms with Crippen LogP contribution >= 0.6 is 11.6 Å². The first-order chi connectivity index (χ1) is 24.7. The number of halogens is 10. The van der Waals surface area contributed by atoms with E-state index in [0.717, 1.165) is 28.1 Å². The van der Waals surface area contributed by atoms with Crippen molar-refractivity contribution < 1.29 is 63.7 Å². The molecule has 2 atom stereocenters. The zero-order chi connectivity index (χ0) is 38.8. The number of aromatic carboxylic acids is 1. The molecule has 2 aromatic carbocycles. The Morgan fingerprint density at radius 3 is 2.17 bits per heavy atom. The quantitative estimate of drug-likeness (QED) is 0.177. The second-order valence-corrected chi connectivity index (χ2v) is 12.6. The summed E-state index contributed by atoms with van der Waals surface area (Å²) in [5.74, 6) is -5.66. The van der Waals surface area contributed by atoms with E-state index >= 15 is 4.39 Å². The number of carbonyl (C=O) groups excluding carboxylic acids is 1. The minimum absolute atomic E-state index is 0.0271. The largest absolute Gasteiger partial charge is 0.496 e. The maximum absolute atomic E-state index is 15.5. The number of alkyl halides is 8. The van der Waals surface area contributed by atoms with Crippen LogP contribution in [-0.4, -0.2) is 69.2 Å². The molecule has 4 heterocycles. The van der Waals surface area contributed by atoms with Crippen molar-refractivity contribution in [1.82, 2.24) is 19.9 Å². The lowest BCUT2D eigenvalue weighted by Crippen LogP contribution is -2.57. The van der Waals surface area contributed by atoms with Crippen LogP contribution in [-0.2, 0) is 23.6 Å². The number of benzene rings is 2. The number of pyridine rings is 1. The number of rotatable bonds is 8. The van der Waals surface area contributed by atoms with Crippen LogP contribution in [0.3, 0.4) is 0 Å².